The Labute approximate surface area is 191 Å². The largest absolute Gasteiger partial charge is 0.466 e. The first-order valence-electron chi connectivity index (χ1n) is 11.4. The van der Waals surface area contributed by atoms with E-state index in [2.05, 4.69) is 5.32 Å². The lowest BCUT2D eigenvalue weighted by molar-refractivity contribution is -0.159. The number of likely N-dealkylation sites (tertiary alicyclic amines) is 1. The Balaban J connectivity index is 1.50. The van der Waals surface area contributed by atoms with E-state index < -0.39 is 35.0 Å². The number of fused-ring (bicyclic) bond motifs is 2. The van der Waals surface area contributed by atoms with Gasteiger partial charge in [-0.1, -0.05) is 30.3 Å². The summed E-state index contributed by atoms with van der Waals surface area (Å²) < 4.78 is 11.7. The molecule has 2 aromatic rings. The van der Waals surface area contributed by atoms with Crippen molar-refractivity contribution in [1.29, 1.82) is 0 Å². The number of hydrogen-bond donors (Lipinski definition) is 2. The molecule has 0 radical (unpaired) electrons. The molecule has 174 valence electrons. The molecule has 2 bridgehead atoms. The van der Waals surface area contributed by atoms with Crippen LogP contribution in [0.3, 0.4) is 0 Å². The highest BCUT2D eigenvalue weighted by atomic mass is 16.6. The monoisotopic (exact) mass is 452 g/mol. The average molecular weight is 453 g/mol. The summed E-state index contributed by atoms with van der Waals surface area (Å²) in [5.74, 6) is -2.79. The third-order valence-corrected chi connectivity index (χ3v) is 7.42. The van der Waals surface area contributed by atoms with Gasteiger partial charge in [0.25, 0.3) is 0 Å². The zero-order valence-electron chi connectivity index (χ0n) is 18.7. The highest BCUT2D eigenvalue weighted by Gasteiger charge is 2.78. The fraction of sp³-hybridized carbons (Fsp3) is 0.480. The van der Waals surface area contributed by atoms with Gasteiger partial charge in [-0.3, -0.25) is 14.4 Å². The number of anilines is 1. The highest BCUT2D eigenvalue weighted by Crippen LogP contribution is 2.63. The maximum Gasteiger partial charge on any atom is 0.312 e. The van der Waals surface area contributed by atoms with Gasteiger partial charge in [0.1, 0.15) is 17.6 Å². The van der Waals surface area contributed by atoms with Crippen LogP contribution < -0.4 is 5.32 Å². The van der Waals surface area contributed by atoms with Crippen LogP contribution in [-0.2, 0) is 23.9 Å². The minimum Gasteiger partial charge on any atom is -0.466 e. The molecule has 5 atom stereocenters. The third-order valence-electron chi connectivity index (χ3n) is 7.42. The fourth-order valence-corrected chi connectivity index (χ4v) is 6.14. The number of carbonyl (C=O) groups excluding carboxylic acids is 3. The molecule has 3 aliphatic rings. The van der Waals surface area contributed by atoms with Crippen LogP contribution in [0.5, 0.6) is 0 Å². The zero-order valence-corrected chi connectivity index (χ0v) is 18.7. The maximum atomic E-state index is 13.6. The summed E-state index contributed by atoms with van der Waals surface area (Å²) in [6.07, 6.45) is 1.03. The first-order chi connectivity index (χ1) is 15.8. The van der Waals surface area contributed by atoms with Crippen molar-refractivity contribution in [1.82, 2.24) is 4.90 Å². The molecule has 3 saturated heterocycles. The fourth-order valence-electron chi connectivity index (χ4n) is 6.14. The summed E-state index contributed by atoms with van der Waals surface area (Å²) in [5.41, 5.74) is -1.38. The number of β-amino-alcohol motifs (C(OH)–C–C–N with tert-alkyl or cyclic N) is 1. The number of nitrogens with zero attached hydrogens (tertiary/aromatic N) is 1. The quantitative estimate of drug-likeness (QED) is 0.651. The third kappa shape index (κ3) is 3.15. The smallest absolute Gasteiger partial charge is 0.312 e. The number of hydrogen-bond acceptors (Lipinski definition) is 6. The summed E-state index contributed by atoms with van der Waals surface area (Å²) in [6, 6.07) is 12.5. The van der Waals surface area contributed by atoms with Gasteiger partial charge in [0.2, 0.25) is 11.8 Å². The molecule has 0 saturated carbocycles. The molecule has 3 aliphatic heterocycles. The molecule has 0 aliphatic carbocycles. The van der Waals surface area contributed by atoms with Crippen LogP contribution in [0.25, 0.3) is 10.8 Å². The van der Waals surface area contributed by atoms with Crippen LogP contribution in [0.2, 0.25) is 0 Å². The Morgan fingerprint density at radius 3 is 2.70 bits per heavy atom. The molecule has 8 heteroatoms. The lowest BCUT2D eigenvalue weighted by Crippen LogP contribution is -2.53. The summed E-state index contributed by atoms with van der Waals surface area (Å²) in [6.45, 7) is 3.44. The molecule has 2 amide bonds. The second kappa shape index (κ2) is 7.81. The van der Waals surface area contributed by atoms with E-state index in [4.69, 9.17) is 9.47 Å². The van der Waals surface area contributed by atoms with Crippen molar-refractivity contribution in [3.05, 3.63) is 42.5 Å². The summed E-state index contributed by atoms with van der Waals surface area (Å²) in [5, 5.41) is 14.6. The van der Waals surface area contributed by atoms with Crippen molar-refractivity contribution in [2.24, 2.45) is 11.8 Å². The molecule has 0 aromatic heterocycles. The predicted octanol–water partition coefficient (Wildman–Crippen LogP) is 2.10. The summed E-state index contributed by atoms with van der Waals surface area (Å²) in [7, 11) is 0. The van der Waals surface area contributed by atoms with E-state index in [0.29, 0.717) is 18.5 Å². The van der Waals surface area contributed by atoms with Crippen LogP contribution in [0, 0.1) is 11.8 Å². The molecule has 33 heavy (non-hydrogen) atoms. The van der Waals surface area contributed by atoms with Crippen LogP contribution >= 0.6 is 0 Å². The Morgan fingerprint density at radius 2 is 1.97 bits per heavy atom. The molecular formula is C25H28N2O6. The maximum absolute atomic E-state index is 13.6. The van der Waals surface area contributed by atoms with Crippen molar-refractivity contribution >= 4 is 34.2 Å². The number of nitrogens with one attached hydrogen (secondary N) is 1. The molecule has 2 aromatic carbocycles. The van der Waals surface area contributed by atoms with Gasteiger partial charge in [-0.2, -0.15) is 0 Å². The number of esters is 1. The molecule has 1 spiro atoms. The van der Waals surface area contributed by atoms with Gasteiger partial charge in [-0.05, 0) is 49.6 Å². The molecule has 2 N–H and O–H groups in total. The van der Waals surface area contributed by atoms with E-state index in [1.165, 1.54) is 4.90 Å². The number of aliphatic hydroxyl groups excluding tert-OH is 1. The second-order valence-corrected chi connectivity index (χ2v) is 9.29. The lowest BCUT2D eigenvalue weighted by Gasteiger charge is -2.33. The summed E-state index contributed by atoms with van der Waals surface area (Å²) in [4.78, 5) is 41.4. The zero-order chi connectivity index (χ0) is 23.4. The number of ether oxygens (including phenoxy) is 2. The van der Waals surface area contributed by atoms with Crippen LogP contribution in [0.1, 0.15) is 26.7 Å². The van der Waals surface area contributed by atoms with E-state index in [1.807, 2.05) is 49.4 Å². The Bertz CT molecular complexity index is 1130. The SMILES string of the molecule is CCOC(=O)[C@@H]1[C@H]2C(=O)N(CCO)C(C(=O)Nc3ccc4ccccc4c3)C23CC[C@@]1(C)O3. The van der Waals surface area contributed by atoms with Gasteiger partial charge in [0.15, 0.2) is 0 Å². The van der Waals surface area contributed by atoms with Gasteiger partial charge in [-0.25, -0.2) is 0 Å². The number of benzene rings is 2. The van der Waals surface area contributed by atoms with Crippen molar-refractivity contribution in [2.45, 2.75) is 43.9 Å². The van der Waals surface area contributed by atoms with Gasteiger partial charge in [0, 0.05) is 12.2 Å². The second-order valence-electron chi connectivity index (χ2n) is 9.29. The number of aliphatic hydroxyl groups is 1. The minimum atomic E-state index is -1.13. The minimum absolute atomic E-state index is 0.0114. The standard InChI is InChI=1S/C25H28N2O6/c1-3-32-23(31)19-18-22(30)27(12-13-28)20(25(18)11-10-24(19,2)33-25)21(29)26-17-9-8-15-6-4-5-7-16(15)14-17/h4-9,14,18-20,28H,3,10-13H2,1-2H3,(H,26,29)/t18-,19-,20?,24+,25?/m0/s1. The van der Waals surface area contributed by atoms with Crippen LogP contribution in [0.15, 0.2) is 42.5 Å². The first-order valence-corrected chi connectivity index (χ1v) is 11.4. The molecular weight excluding hydrogens is 424 g/mol. The Hall–Kier alpha value is -2.97. The van der Waals surface area contributed by atoms with E-state index in [0.717, 1.165) is 10.8 Å². The van der Waals surface area contributed by atoms with Crippen molar-refractivity contribution in [3.8, 4) is 0 Å². The van der Waals surface area contributed by atoms with Crippen LogP contribution in [-0.4, -0.2) is 64.8 Å². The molecule has 5 rings (SSSR count). The predicted molar refractivity (Wildman–Crippen MR) is 120 cm³/mol. The Morgan fingerprint density at radius 1 is 1.21 bits per heavy atom. The average Bonchev–Trinajstić information content (AvgIpc) is 3.35. The van der Waals surface area contributed by atoms with Gasteiger partial charge < -0.3 is 24.8 Å². The molecule has 3 fully saturated rings. The number of rotatable bonds is 6. The molecule has 8 nitrogen and oxygen atoms in total. The van der Waals surface area contributed by atoms with Gasteiger partial charge in [0.05, 0.1) is 24.7 Å². The van der Waals surface area contributed by atoms with Crippen molar-refractivity contribution in [2.75, 3.05) is 25.1 Å². The first kappa shape index (κ1) is 21.9. The summed E-state index contributed by atoms with van der Waals surface area (Å²) >= 11 is 0. The van der Waals surface area contributed by atoms with E-state index in [1.54, 1.807) is 6.92 Å². The molecule has 3 heterocycles. The lowest BCUT2D eigenvalue weighted by atomic mass is 9.66. The number of amides is 2. The molecule has 2 unspecified atom stereocenters. The normalized spacial score (nSPS) is 32.3. The van der Waals surface area contributed by atoms with E-state index in [-0.39, 0.29) is 31.6 Å². The van der Waals surface area contributed by atoms with E-state index >= 15 is 0 Å². The van der Waals surface area contributed by atoms with Crippen molar-refractivity contribution in [3.63, 3.8) is 0 Å². The van der Waals surface area contributed by atoms with Crippen molar-refractivity contribution < 1.29 is 29.0 Å². The Kier molecular flexibility index (Phi) is 5.17. The number of carbonyl (C=O) groups is 3. The highest BCUT2D eigenvalue weighted by molar-refractivity contribution is 6.04. The van der Waals surface area contributed by atoms with E-state index in [9.17, 15) is 19.5 Å². The van der Waals surface area contributed by atoms with Gasteiger partial charge in [-0.15, -0.1) is 0 Å². The van der Waals surface area contributed by atoms with Crippen LogP contribution in [0.4, 0.5) is 5.69 Å². The van der Waals surface area contributed by atoms with Gasteiger partial charge >= 0.3 is 5.97 Å². The topological polar surface area (TPSA) is 105 Å².